The van der Waals surface area contributed by atoms with Gasteiger partial charge in [-0.05, 0) is 115 Å². The monoisotopic (exact) mass is 638 g/mol. The van der Waals surface area contributed by atoms with E-state index < -0.39 is 0 Å². The fraction of sp³-hybridized carbons (Fsp3) is 0.619. The molecule has 0 saturated heterocycles. The molecule has 0 N–H and O–H groups in total. The molecule has 1 heterocycles. The van der Waals surface area contributed by atoms with Gasteiger partial charge >= 0.3 is 11.6 Å². The van der Waals surface area contributed by atoms with E-state index in [0.717, 1.165) is 65.5 Å². The molecule has 5 heteroatoms. The van der Waals surface area contributed by atoms with Gasteiger partial charge in [0.2, 0.25) is 0 Å². The predicted octanol–water partition coefficient (Wildman–Crippen LogP) is 10.3. The summed E-state index contributed by atoms with van der Waals surface area (Å²) in [5.74, 6) is 5.06. The molecular weight excluding hydrogens is 584 g/mol. The summed E-state index contributed by atoms with van der Waals surface area (Å²) in [5, 5.41) is 2.23. The van der Waals surface area contributed by atoms with Gasteiger partial charge in [-0.25, -0.2) is 9.59 Å². The third kappa shape index (κ3) is 5.95. The Morgan fingerprint density at radius 3 is 2.55 bits per heavy atom. The minimum atomic E-state index is -0.380. The van der Waals surface area contributed by atoms with Crippen LogP contribution in [0.5, 0.6) is 5.75 Å². The second kappa shape index (κ2) is 12.7. The number of esters is 1. The van der Waals surface area contributed by atoms with Crippen molar-refractivity contribution in [1.82, 2.24) is 0 Å². The van der Waals surface area contributed by atoms with Crippen LogP contribution in [-0.4, -0.2) is 18.7 Å². The van der Waals surface area contributed by atoms with E-state index >= 15 is 0 Å². The summed E-state index contributed by atoms with van der Waals surface area (Å²) in [7, 11) is 0. The number of allylic oxidation sites excluding steroid dienone is 1. The zero-order valence-electron chi connectivity index (χ0n) is 29.2. The summed E-state index contributed by atoms with van der Waals surface area (Å²) in [6.45, 7) is 12.3. The summed E-state index contributed by atoms with van der Waals surface area (Å²) < 4.78 is 17.4. The maximum atomic E-state index is 12.9. The average molecular weight is 639 g/mol. The Morgan fingerprint density at radius 2 is 1.74 bits per heavy atom. The Kier molecular flexibility index (Phi) is 8.81. The zero-order chi connectivity index (χ0) is 32.9. The number of hydrogen-bond donors (Lipinski definition) is 0. The molecule has 3 saturated carbocycles. The lowest BCUT2D eigenvalue weighted by atomic mass is 9.47. The number of hydrogen-bond acceptors (Lipinski definition) is 5. The molecule has 4 aliphatic carbocycles. The molecule has 3 fully saturated rings. The highest BCUT2D eigenvalue weighted by Gasteiger charge is 2.59. The van der Waals surface area contributed by atoms with E-state index in [1.165, 1.54) is 56.9 Å². The normalized spacial score (nSPS) is 32.4. The number of rotatable bonds is 9. The second-order valence-corrected chi connectivity index (χ2v) is 16.5. The first-order valence-electron chi connectivity index (χ1n) is 18.5. The van der Waals surface area contributed by atoms with E-state index in [-0.39, 0.29) is 29.7 Å². The van der Waals surface area contributed by atoms with E-state index in [2.05, 4.69) is 40.7 Å². The molecule has 0 bridgehead atoms. The summed E-state index contributed by atoms with van der Waals surface area (Å²) in [6, 6.07) is 12.8. The van der Waals surface area contributed by atoms with Gasteiger partial charge in [-0.15, -0.1) is 0 Å². The first-order valence-corrected chi connectivity index (χ1v) is 18.5. The van der Waals surface area contributed by atoms with Gasteiger partial charge in [0.25, 0.3) is 0 Å². The van der Waals surface area contributed by atoms with Gasteiger partial charge in [-0.3, -0.25) is 0 Å². The molecule has 3 aromatic rings. The molecule has 8 atom stereocenters. The van der Waals surface area contributed by atoms with Crippen LogP contribution in [0.1, 0.15) is 105 Å². The van der Waals surface area contributed by atoms with E-state index in [0.29, 0.717) is 22.1 Å². The standard InChI is InChI=1S/C42H54O5/c1-26(2)9-8-10-27(3)35-17-18-36-34-15-13-28-23-30(19-21-41(28,4)37(34)20-22-42(35,36)5)46-39(43)25-45-29-14-16-32-31-11-6-7-12-33(31)40(44)47-38(32)24-29/h6-7,11-14,16,24,26-27,30,34-37H,8-10,15,17-23,25H2,1-5H3/t27-,30+,34-,35-,36-,37-,41+,42-/m1/s1. The summed E-state index contributed by atoms with van der Waals surface area (Å²) in [5.41, 5.74) is 2.32. The van der Waals surface area contributed by atoms with Crippen molar-refractivity contribution in [3.8, 4) is 5.75 Å². The largest absolute Gasteiger partial charge is 0.482 e. The smallest absolute Gasteiger partial charge is 0.344 e. The van der Waals surface area contributed by atoms with Gasteiger partial charge < -0.3 is 13.9 Å². The molecular formula is C42H54O5. The van der Waals surface area contributed by atoms with Crippen LogP contribution in [0.25, 0.3) is 21.7 Å². The van der Waals surface area contributed by atoms with Crippen LogP contribution in [0.4, 0.5) is 0 Å². The molecule has 4 aliphatic rings. The summed E-state index contributed by atoms with van der Waals surface area (Å²) >= 11 is 0. The van der Waals surface area contributed by atoms with Crippen molar-refractivity contribution in [1.29, 1.82) is 0 Å². The van der Waals surface area contributed by atoms with Crippen LogP contribution >= 0.6 is 0 Å². The predicted molar refractivity (Wildman–Crippen MR) is 188 cm³/mol. The lowest BCUT2D eigenvalue weighted by Gasteiger charge is -2.58. The van der Waals surface area contributed by atoms with E-state index in [1.54, 1.807) is 12.1 Å². The first kappa shape index (κ1) is 32.5. The van der Waals surface area contributed by atoms with Crippen molar-refractivity contribution in [3.05, 3.63) is 64.5 Å². The van der Waals surface area contributed by atoms with Crippen LogP contribution in [-0.2, 0) is 9.53 Å². The van der Waals surface area contributed by atoms with Crippen molar-refractivity contribution < 1.29 is 18.7 Å². The first-order chi connectivity index (χ1) is 22.6. The fourth-order valence-electron chi connectivity index (χ4n) is 11.1. The molecule has 0 unspecified atom stereocenters. The Morgan fingerprint density at radius 1 is 0.936 bits per heavy atom. The highest BCUT2D eigenvalue weighted by Crippen LogP contribution is 2.67. The minimum Gasteiger partial charge on any atom is -0.482 e. The van der Waals surface area contributed by atoms with Gasteiger partial charge in [0.05, 0.1) is 5.39 Å². The molecule has 0 spiro atoms. The Balaban J connectivity index is 0.961. The fourth-order valence-corrected chi connectivity index (χ4v) is 11.1. The van der Waals surface area contributed by atoms with E-state index in [4.69, 9.17) is 13.9 Å². The summed E-state index contributed by atoms with van der Waals surface area (Å²) in [6.07, 6.45) is 16.2. The van der Waals surface area contributed by atoms with Crippen molar-refractivity contribution in [2.24, 2.45) is 46.3 Å². The SMILES string of the molecule is CC(C)CCC[C@@H](C)[C@H]1CC[C@@H]2[C@H]3CC=C4C[C@@H](OC(=O)COc5ccc6c(c5)oc(=O)c5ccccc56)CC[C@]4(C)[C@@H]3CC[C@@]21C. The Bertz CT molecular complexity index is 1720. The number of carbonyl (C=O) groups excluding carboxylic acids is 1. The lowest BCUT2D eigenvalue weighted by Crippen LogP contribution is -2.51. The maximum absolute atomic E-state index is 12.9. The average Bonchev–Trinajstić information content (AvgIpc) is 3.41. The molecule has 7 rings (SSSR count). The van der Waals surface area contributed by atoms with Crippen molar-refractivity contribution in [2.45, 2.75) is 111 Å². The van der Waals surface area contributed by atoms with Crippen LogP contribution in [0, 0.1) is 46.3 Å². The third-order valence-electron chi connectivity index (χ3n) is 13.5. The van der Waals surface area contributed by atoms with Gasteiger partial charge in [-0.1, -0.05) is 83.7 Å². The number of benzene rings is 2. The molecule has 252 valence electrons. The highest BCUT2D eigenvalue weighted by molar-refractivity contribution is 6.04. The molecule has 0 amide bonds. The van der Waals surface area contributed by atoms with Crippen molar-refractivity contribution in [3.63, 3.8) is 0 Å². The van der Waals surface area contributed by atoms with Gasteiger partial charge in [0.15, 0.2) is 6.61 Å². The topological polar surface area (TPSA) is 65.7 Å². The van der Waals surface area contributed by atoms with Crippen LogP contribution in [0.15, 0.2) is 63.3 Å². The molecule has 1 aromatic heterocycles. The third-order valence-corrected chi connectivity index (χ3v) is 13.5. The molecule has 2 aromatic carbocycles. The Labute approximate surface area is 280 Å². The van der Waals surface area contributed by atoms with Gasteiger partial charge in [-0.2, -0.15) is 0 Å². The number of carbonyl (C=O) groups is 1. The van der Waals surface area contributed by atoms with E-state index in [1.807, 2.05) is 30.3 Å². The van der Waals surface area contributed by atoms with Crippen LogP contribution in [0.3, 0.4) is 0 Å². The highest BCUT2D eigenvalue weighted by atomic mass is 16.6. The van der Waals surface area contributed by atoms with Crippen LogP contribution < -0.4 is 10.4 Å². The molecule has 0 radical (unpaired) electrons. The molecule has 0 aliphatic heterocycles. The van der Waals surface area contributed by atoms with E-state index in [9.17, 15) is 9.59 Å². The molecule has 47 heavy (non-hydrogen) atoms. The lowest BCUT2D eigenvalue weighted by molar-refractivity contribution is -0.153. The van der Waals surface area contributed by atoms with Crippen molar-refractivity contribution in [2.75, 3.05) is 6.61 Å². The van der Waals surface area contributed by atoms with Crippen LogP contribution in [0.2, 0.25) is 0 Å². The number of fused-ring (bicyclic) bond motifs is 8. The minimum absolute atomic E-state index is 0.0978. The zero-order valence-corrected chi connectivity index (χ0v) is 29.2. The number of ether oxygens (including phenoxy) is 2. The maximum Gasteiger partial charge on any atom is 0.344 e. The second-order valence-electron chi connectivity index (χ2n) is 16.5. The molecule has 5 nitrogen and oxygen atoms in total. The van der Waals surface area contributed by atoms with Gasteiger partial charge in [0, 0.05) is 17.9 Å². The summed E-state index contributed by atoms with van der Waals surface area (Å²) in [4.78, 5) is 25.4. The van der Waals surface area contributed by atoms with Gasteiger partial charge in [0.1, 0.15) is 17.4 Å². The van der Waals surface area contributed by atoms with Crippen molar-refractivity contribution >= 4 is 27.7 Å². The Hall–Kier alpha value is -3.08. The quantitative estimate of drug-likeness (QED) is 0.101.